The summed E-state index contributed by atoms with van der Waals surface area (Å²) < 4.78 is 11.0. The molecule has 3 nitrogen and oxygen atoms in total. The normalized spacial score (nSPS) is 12.0. The summed E-state index contributed by atoms with van der Waals surface area (Å²) >= 11 is 6.25. The summed E-state index contributed by atoms with van der Waals surface area (Å²) in [6.07, 6.45) is 0.801. The first-order valence-electron chi connectivity index (χ1n) is 6.88. The first kappa shape index (κ1) is 15.7. The van der Waals surface area contributed by atoms with Crippen molar-refractivity contribution in [3.63, 3.8) is 0 Å². The van der Waals surface area contributed by atoms with E-state index in [1.165, 1.54) is 0 Å². The smallest absolute Gasteiger partial charge is 0.138 e. The van der Waals surface area contributed by atoms with Gasteiger partial charge in [-0.15, -0.1) is 0 Å². The second-order valence-electron chi connectivity index (χ2n) is 5.09. The van der Waals surface area contributed by atoms with E-state index < -0.39 is 0 Å². The van der Waals surface area contributed by atoms with Gasteiger partial charge in [-0.1, -0.05) is 29.8 Å². The van der Waals surface area contributed by atoms with E-state index in [1.54, 1.807) is 7.11 Å². The van der Waals surface area contributed by atoms with Crippen LogP contribution in [0.1, 0.15) is 18.1 Å². The molecular formula is C17H20ClNO2. The van der Waals surface area contributed by atoms with Gasteiger partial charge in [0.25, 0.3) is 0 Å². The topological polar surface area (TPSA) is 44.5 Å². The van der Waals surface area contributed by atoms with E-state index >= 15 is 0 Å². The fourth-order valence-electron chi connectivity index (χ4n) is 2.08. The Hall–Kier alpha value is -1.71. The molecule has 0 bridgehead atoms. The highest BCUT2D eigenvalue weighted by atomic mass is 35.5. The molecule has 0 saturated heterocycles. The van der Waals surface area contributed by atoms with Gasteiger partial charge >= 0.3 is 0 Å². The Bertz CT molecular complexity index is 599. The van der Waals surface area contributed by atoms with E-state index in [2.05, 4.69) is 0 Å². The Balaban J connectivity index is 2.02. The zero-order chi connectivity index (χ0) is 15.2. The third kappa shape index (κ3) is 4.66. The van der Waals surface area contributed by atoms with Gasteiger partial charge in [0, 0.05) is 6.04 Å². The van der Waals surface area contributed by atoms with E-state index in [9.17, 15) is 0 Å². The molecule has 0 aliphatic heterocycles. The first-order chi connectivity index (χ1) is 10.1. The van der Waals surface area contributed by atoms with Crippen LogP contribution in [0.15, 0.2) is 42.5 Å². The lowest BCUT2D eigenvalue weighted by Crippen LogP contribution is -2.17. The zero-order valence-corrected chi connectivity index (χ0v) is 13.1. The van der Waals surface area contributed by atoms with Crippen molar-refractivity contribution in [2.24, 2.45) is 5.73 Å². The average molecular weight is 306 g/mol. The number of benzene rings is 2. The summed E-state index contributed by atoms with van der Waals surface area (Å²) in [6, 6.07) is 13.7. The van der Waals surface area contributed by atoms with Gasteiger partial charge in [-0.2, -0.15) is 0 Å². The number of nitrogens with two attached hydrogens (primary N) is 1. The second kappa shape index (κ2) is 7.34. The maximum atomic E-state index is 6.25. The van der Waals surface area contributed by atoms with Crippen LogP contribution >= 0.6 is 11.6 Å². The maximum Gasteiger partial charge on any atom is 0.138 e. The fraction of sp³-hybridized carbons (Fsp3) is 0.294. The van der Waals surface area contributed by atoms with Gasteiger partial charge in [0.2, 0.25) is 0 Å². The molecule has 0 amide bonds. The number of hydrogen-bond donors (Lipinski definition) is 1. The van der Waals surface area contributed by atoms with Gasteiger partial charge in [-0.3, -0.25) is 0 Å². The summed E-state index contributed by atoms with van der Waals surface area (Å²) in [5.41, 5.74) is 7.94. The zero-order valence-electron chi connectivity index (χ0n) is 12.3. The first-order valence-corrected chi connectivity index (χ1v) is 7.26. The summed E-state index contributed by atoms with van der Waals surface area (Å²) in [7, 11) is 1.65. The summed E-state index contributed by atoms with van der Waals surface area (Å²) in [4.78, 5) is 0. The molecule has 112 valence electrons. The molecule has 2 N–H and O–H groups in total. The number of halogens is 1. The highest BCUT2D eigenvalue weighted by Gasteiger charge is 2.06. The predicted octanol–water partition coefficient (Wildman–Crippen LogP) is 3.82. The van der Waals surface area contributed by atoms with Crippen LogP contribution in [0.2, 0.25) is 5.02 Å². The molecule has 0 spiro atoms. The Morgan fingerprint density at radius 1 is 1.14 bits per heavy atom. The number of ether oxygens (including phenoxy) is 2. The van der Waals surface area contributed by atoms with E-state index in [-0.39, 0.29) is 6.04 Å². The van der Waals surface area contributed by atoms with Crippen molar-refractivity contribution < 1.29 is 9.47 Å². The minimum Gasteiger partial charge on any atom is -0.497 e. The van der Waals surface area contributed by atoms with Gasteiger partial charge in [0.1, 0.15) is 18.1 Å². The lowest BCUT2D eigenvalue weighted by molar-refractivity contribution is 0.305. The Kier molecular flexibility index (Phi) is 5.48. The number of rotatable bonds is 6. The van der Waals surface area contributed by atoms with Crippen LogP contribution in [-0.4, -0.2) is 13.2 Å². The van der Waals surface area contributed by atoms with Crippen molar-refractivity contribution in [1.82, 2.24) is 0 Å². The molecule has 0 aromatic heterocycles. The molecular weight excluding hydrogens is 286 g/mol. The van der Waals surface area contributed by atoms with Crippen LogP contribution in [0, 0.1) is 0 Å². The Morgan fingerprint density at radius 3 is 2.62 bits per heavy atom. The largest absolute Gasteiger partial charge is 0.497 e. The highest BCUT2D eigenvalue weighted by molar-refractivity contribution is 6.32. The Morgan fingerprint density at radius 2 is 1.95 bits per heavy atom. The van der Waals surface area contributed by atoms with Crippen molar-refractivity contribution >= 4 is 11.6 Å². The molecule has 0 aliphatic rings. The third-order valence-electron chi connectivity index (χ3n) is 3.08. The SMILES string of the molecule is COc1cccc(COc2ccc(CC(C)N)cc2Cl)c1. The van der Waals surface area contributed by atoms with Crippen molar-refractivity contribution in [2.45, 2.75) is 26.0 Å². The summed E-state index contributed by atoms with van der Waals surface area (Å²) in [5, 5.41) is 0.607. The fourth-order valence-corrected chi connectivity index (χ4v) is 2.34. The monoisotopic (exact) mass is 305 g/mol. The molecule has 0 radical (unpaired) electrons. The second-order valence-corrected chi connectivity index (χ2v) is 5.49. The van der Waals surface area contributed by atoms with Gasteiger partial charge in [0.15, 0.2) is 0 Å². The van der Waals surface area contributed by atoms with Crippen LogP contribution in [0.5, 0.6) is 11.5 Å². The molecule has 2 aromatic rings. The Labute approximate surface area is 130 Å². The molecule has 0 fully saturated rings. The quantitative estimate of drug-likeness (QED) is 0.882. The van der Waals surface area contributed by atoms with Crippen molar-refractivity contribution in [1.29, 1.82) is 0 Å². The molecule has 1 unspecified atom stereocenters. The minimum absolute atomic E-state index is 0.115. The molecule has 1 atom stereocenters. The van der Waals surface area contributed by atoms with Gasteiger partial charge in [-0.05, 0) is 48.7 Å². The average Bonchev–Trinajstić information content (AvgIpc) is 2.46. The third-order valence-corrected chi connectivity index (χ3v) is 3.38. The highest BCUT2D eigenvalue weighted by Crippen LogP contribution is 2.27. The van der Waals surface area contributed by atoms with Gasteiger partial charge < -0.3 is 15.2 Å². The van der Waals surface area contributed by atoms with E-state index in [4.69, 9.17) is 26.8 Å². The van der Waals surface area contributed by atoms with E-state index in [0.717, 1.165) is 23.3 Å². The van der Waals surface area contributed by atoms with Gasteiger partial charge in [-0.25, -0.2) is 0 Å². The molecule has 2 aromatic carbocycles. The maximum absolute atomic E-state index is 6.25. The molecule has 2 rings (SSSR count). The van der Waals surface area contributed by atoms with Crippen LogP contribution in [0.25, 0.3) is 0 Å². The van der Waals surface area contributed by atoms with Gasteiger partial charge in [0.05, 0.1) is 12.1 Å². The minimum atomic E-state index is 0.115. The van der Waals surface area contributed by atoms with E-state index in [0.29, 0.717) is 17.4 Å². The molecule has 0 heterocycles. The lowest BCUT2D eigenvalue weighted by Gasteiger charge is -2.11. The molecule has 0 aliphatic carbocycles. The van der Waals surface area contributed by atoms with Crippen molar-refractivity contribution in [2.75, 3.05) is 7.11 Å². The molecule has 21 heavy (non-hydrogen) atoms. The summed E-state index contributed by atoms with van der Waals surface area (Å²) in [5.74, 6) is 1.49. The van der Waals surface area contributed by atoms with Crippen LogP contribution in [0.4, 0.5) is 0 Å². The van der Waals surface area contributed by atoms with Crippen molar-refractivity contribution in [3.05, 3.63) is 58.6 Å². The van der Waals surface area contributed by atoms with Crippen molar-refractivity contribution in [3.8, 4) is 11.5 Å². The van der Waals surface area contributed by atoms with Crippen LogP contribution in [0.3, 0.4) is 0 Å². The number of methoxy groups -OCH3 is 1. The van der Waals surface area contributed by atoms with E-state index in [1.807, 2.05) is 49.4 Å². The number of hydrogen-bond acceptors (Lipinski definition) is 3. The standard InChI is InChI=1S/C17H20ClNO2/c1-12(19)8-13-6-7-17(16(18)10-13)21-11-14-4-3-5-15(9-14)20-2/h3-7,9-10,12H,8,11,19H2,1-2H3. The lowest BCUT2D eigenvalue weighted by atomic mass is 10.1. The predicted molar refractivity (Wildman–Crippen MR) is 86.1 cm³/mol. The molecule has 4 heteroatoms. The van der Waals surface area contributed by atoms with Crippen LogP contribution < -0.4 is 15.2 Å². The summed E-state index contributed by atoms with van der Waals surface area (Å²) in [6.45, 7) is 2.42. The molecule has 0 saturated carbocycles. The van der Waals surface area contributed by atoms with Crippen LogP contribution in [-0.2, 0) is 13.0 Å².